The van der Waals surface area contributed by atoms with Gasteiger partial charge < -0.3 is 5.32 Å². The van der Waals surface area contributed by atoms with Crippen LogP contribution in [0.5, 0.6) is 0 Å². The molecular weight excluding hydrogens is 288 g/mol. The van der Waals surface area contributed by atoms with Gasteiger partial charge in [0.2, 0.25) is 0 Å². The van der Waals surface area contributed by atoms with Crippen molar-refractivity contribution in [3.8, 4) is 0 Å². The molecule has 0 radical (unpaired) electrons. The predicted octanol–water partition coefficient (Wildman–Crippen LogP) is 4.65. The second-order valence-electron chi connectivity index (χ2n) is 5.77. The van der Waals surface area contributed by atoms with Gasteiger partial charge >= 0.3 is 0 Å². The van der Waals surface area contributed by atoms with Gasteiger partial charge in [-0.1, -0.05) is 48.3 Å². The van der Waals surface area contributed by atoms with Gasteiger partial charge in [-0.25, -0.2) is 0 Å². The molecule has 1 heterocycles. The molecule has 1 aliphatic carbocycles. The fourth-order valence-corrected chi connectivity index (χ4v) is 4.38. The Balaban J connectivity index is 1.65. The van der Waals surface area contributed by atoms with Gasteiger partial charge in [-0.3, -0.25) is 4.99 Å². The van der Waals surface area contributed by atoms with Crippen molar-refractivity contribution in [2.75, 3.05) is 5.75 Å². The SMILES string of the molecule is CC(NC1=NC2CCCCC2CS1)c1ccc(Cl)cc1. The highest BCUT2D eigenvalue weighted by molar-refractivity contribution is 8.13. The molecule has 2 nitrogen and oxygen atoms in total. The van der Waals surface area contributed by atoms with Crippen molar-refractivity contribution in [1.82, 2.24) is 5.32 Å². The summed E-state index contributed by atoms with van der Waals surface area (Å²) < 4.78 is 0. The zero-order valence-corrected chi connectivity index (χ0v) is 13.4. The first-order valence-electron chi connectivity index (χ1n) is 7.45. The van der Waals surface area contributed by atoms with Crippen LogP contribution >= 0.6 is 23.4 Å². The summed E-state index contributed by atoms with van der Waals surface area (Å²) in [6, 6.07) is 8.89. The smallest absolute Gasteiger partial charge is 0.157 e. The van der Waals surface area contributed by atoms with E-state index < -0.39 is 0 Å². The number of aliphatic imine (C=N–C) groups is 1. The molecule has 1 aliphatic heterocycles. The predicted molar refractivity (Wildman–Crippen MR) is 88.6 cm³/mol. The largest absolute Gasteiger partial charge is 0.358 e. The number of thioether (sulfide) groups is 1. The number of amidine groups is 1. The summed E-state index contributed by atoms with van der Waals surface area (Å²) in [6.45, 7) is 2.18. The molecular formula is C16H21ClN2S. The zero-order valence-electron chi connectivity index (χ0n) is 11.8. The Morgan fingerprint density at radius 1 is 1.25 bits per heavy atom. The molecule has 3 rings (SSSR count). The highest BCUT2D eigenvalue weighted by Gasteiger charge is 2.29. The molecule has 0 amide bonds. The van der Waals surface area contributed by atoms with Crippen molar-refractivity contribution >= 4 is 28.5 Å². The summed E-state index contributed by atoms with van der Waals surface area (Å²) in [5.74, 6) is 2.04. The molecule has 1 saturated carbocycles. The van der Waals surface area contributed by atoms with Crippen LogP contribution in [0.4, 0.5) is 0 Å². The number of nitrogens with one attached hydrogen (secondary N) is 1. The van der Waals surface area contributed by atoms with E-state index in [4.69, 9.17) is 16.6 Å². The standard InChI is InChI=1S/C16H21ClN2S/c1-11(12-6-8-14(17)9-7-12)18-16-19-15-5-3-2-4-13(15)10-20-16/h6-9,11,13,15H,2-5,10H2,1H3,(H,18,19). The lowest BCUT2D eigenvalue weighted by atomic mass is 9.86. The van der Waals surface area contributed by atoms with E-state index in [1.165, 1.54) is 37.0 Å². The van der Waals surface area contributed by atoms with E-state index in [9.17, 15) is 0 Å². The van der Waals surface area contributed by atoms with E-state index in [1.807, 2.05) is 23.9 Å². The molecule has 1 fully saturated rings. The lowest BCUT2D eigenvalue weighted by molar-refractivity contribution is 0.335. The minimum Gasteiger partial charge on any atom is -0.358 e. The Morgan fingerprint density at radius 2 is 2.00 bits per heavy atom. The molecule has 3 unspecified atom stereocenters. The first kappa shape index (κ1) is 14.3. The van der Waals surface area contributed by atoms with Crippen molar-refractivity contribution in [1.29, 1.82) is 0 Å². The second-order valence-corrected chi connectivity index (χ2v) is 7.22. The van der Waals surface area contributed by atoms with Crippen molar-refractivity contribution in [3.05, 3.63) is 34.9 Å². The number of benzene rings is 1. The summed E-state index contributed by atoms with van der Waals surface area (Å²) in [6.07, 6.45) is 5.36. The molecule has 3 atom stereocenters. The molecule has 0 saturated heterocycles. The summed E-state index contributed by atoms with van der Waals surface area (Å²) in [5, 5.41) is 5.47. The van der Waals surface area contributed by atoms with Gasteiger partial charge in [0.05, 0.1) is 12.1 Å². The maximum Gasteiger partial charge on any atom is 0.157 e. The highest BCUT2D eigenvalue weighted by Crippen LogP contribution is 2.34. The minimum absolute atomic E-state index is 0.277. The van der Waals surface area contributed by atoms with Crippen LogP contribution in [0.15, 0.2) is 29.3 Å². The molecule has 0 aromatic heterocycles. The number of nitrogens with zero attached hydrogens (tertiary/aromatic N) is 1. The van der Waals surface area contributed by atoms with Gasteiger partial charge in [-0.15, -0.1) is 0 Å². The van der Waals surface area contributed by atoms with Gasteiger partial charge in [-0.05, 0) is 43.4 Å². The summed E-state index contributed by atoms with van der Waals surface area (Å²) >= 11 is 7.82. The maximum absolute atomic E-state index is 5.94. The Morgan fingerprint density at radius 3 is 2.80 bits per heavy atom. The number of hydrogen-bond acceptors (Lipinski definition) is 3. The van der Waals surface area contributed by atoms with Crippen LogP contribution in [0.25, 0.3) is 0 Å². The van der Waals surface area contributed by atoms with E-state index in [1.54, 1.807) is 0 Å². The molecule has 2 aliphatic rings. The summed E-state index contributed by atoms with van der Waals surface area (Å²) in [5.41, 5.74) is 1.25. The Kier molecular flexibility index (Phi) is 4.57. The molecule has 108 valence electrons. The van der Waals surface area contributed by atoms with Crippen LogP contribution in [0.1, 0.15) is 44.2 Å². The average Bonchev–Trinajstić information content (AvgIpc) is 2.48. The van der Waals surface area contributed by atoms with Crippen molar-refractivity contribution < 1.29 is 0 Å². The van der Waals surface area contributed by atoms with E-state index in [0.29, 0.717) is 6.04 Å². The van der Waals surface area contributed by atoms with Crippen molar-refractivity contribution in [3.63, 3.8) is 0 Å². The van der Waals surface area contributed by atoms with Crippen LogP contribution in [0.3, 0.4) is 0 Å². The lowest BCUT2D eigenvalue weighted by Gasteiger charge is -2.33. The lowest BCUT2D eigenvalue weighted by Crippen LogP contribution is -2.35. The van der Waals surface area contributed by atoms with Crippen molar-refractivity contribution in [2.45, 2.75) is 44.7 Å². The van der Waals surface area contributed by atoms with Gasteiger partial charge in [-0.2, -0.15) is 0 Å². The van der Waals surface area contributed by atoms with Gasteiger partial charge in [0, 0.05) is 10.8 Å². The monoisotopic (exact) mass is 308 g/mol. The van der Waals surface area contributed by atoms with Crippen LogP contribution in [0.2, 0.25) is 5.02 Å². The zero-order chi connectivity index (χ0) is 13.9. The Labute approximate surface area is 130 Å². The van der Waals surface area contributed by atoms with Crippen LogP contribution in [0, 0.1) is 5.92 Å². The number of halogens is 1. The summed E-state index contributed by atoms with van der Waals surface area (Å²) in [7, 11) is 0. The van der Waals surface area contributed by atoms with E-state index >= 15 is 0 Å². The average molecular weight is 309 g/mol. The van der Waals surface area contributed by atoms with E-state index in [2.05, 4.69) is 24.4 Å². The number of fused-ring (bicyclic) bond motifs is 1. The quantitative estimate of drug-likeness (QED) is 0.860. The normalized spacial score (nSPS) is 27.4. The molecule has 4 heteroatoms. The Hall–Kier alpha value is -0.670. The fourth-order valence-electron chi connectivity index (χ4n) is 3.03. The topological polar surface area (TPSA) is 24.4 Å². The van der Waals surface area contributed by atoms with Crippen LogP contribution < -0.4 is 5.32 Å². The van der Waals surface area contributed by atoms with Gasteiger partial charge in [0.25, 0.3) is 0 Å². The van der Waals surface area contributed by atoms with Crippen LogP contribution in [-0.2, 0) is 0 Å². The number of rotatable bonds is 2. The molecule has 0 spiro atoms. The molecule has 1 aromatic rings. The number of hydrogen-bond donors (Lipinski definition) is 1. The third-order valence-electron chi connectivity index (χ3n) is 4.30. The minimum atomic E-state index is 0.277. The molecule has 1 aromatic carbocycles. The Bertz CT molecular complexity index is 486. The fraction of sp³-hybridized carbons (Fsp3) is 0.562. The van der Waals surface area contributed by atoms with Crippen LogP contribution in [-0.4, -0.2) is 17.0 Å². The molecule has 20 heavy (non-hydrogen) atoms. The first-order chi connectivity index (χ1) is 9.72. The van der Waals surface area contributed by atoms with Crippen molar-refractivity contribution in [2.24, 2.45) is 10.9 Å². The first-order valence-corrected chi connectivity index (χ1v) is 8.81. The molecule has 0 bridgehead atoms. The van der Waals surface area contributed by atoms with Gasteiger partial charge in [0.15, 0.2) is 5.17 Å². The van der Waals surface area contributed by atoms with E-state index in [0.717, 1.165) is 16.1 Å². The maximum atomic E-state index is 5.94. The van der Waals surface area contributed by atoms with E-state index in [-0.39, 0.29) is 6.04 Å². The third-order valence-corrected chi connectivity index (χ3v) is 5.64. The molecule has 1 N–H and O–H groups in total. The summed E-state index contributed by atoms with van der Waals surface area (Å²) in [4.78, 5) is 4.93. The van der Waals surface area contributed by atoms with Gasteiger partial charge in [0.1, 0.15) is 0 Å². The highest BCUT2D eigenvalue weighted by atomic mass is 35.5. The third kappa shape index (κ3) is 3.32. The second kappa shape index (κ2) is 6.40.